The molecule has 0 N–H and O–H groups in total. The minimum atomic E-state index is -3.39. The quantitative estimate of drug-likeness (QED) is 0.847. The first-order valence-corrected chi connectivity index (χ1v) is 7.95. The topological polar surface area (TPSA) is 73.1 Å². The summed E-state index contributed by atoms with van der Waals surface area (Å²) in [5.41, 5.74) is 0.569. The van der Waals surface area contributed by atoms with E-state index in [0.717, 1.165) is 0 Å². The van der Waals surface area contributed by atoms with Gasteiger partial charge in [0.1, 0.15) is 5.75 Å². The average molecular weight is 301 g/mol. The number of aromatic nitrogens is 2. The van der Waals surface area contributed by atoms with Gasteiger partial charge in [-0.05, 0) is 11.6 Å². The van der Waals surface area contributed by atoms with Gasteiger partial charge in [0, 0.05) is 11.4 Å². The molecule has 2 rings (SSSR count). The highest BCUT2D eigenvalue weighted by Gasteiger charge is 2.18. The van der Waals surface area contributed by atoms with Crippen LogP contribution in [0.2, 0.25) is 5.02 Å². The first kappa shape index (κ1) is 14.0. The van der Waals surface area contributed by atoms with E-state index in [1.165, 1.54) is 0 Å². The Morgan fingerprint density at radius 1 is 1.16 bits per heavy atom. The summed E-state index contributed by atoms with van der Waals surface area (Å²) in [6.07, 6.45) is 0.581. The summed E-state index contributed by atoms with van der Waals surface area (Å²) in [5, 5.41) is 7.88. The van der Waals surface area contributed by atoms with Crippen molar-refractivity contribution in [3.8, 4) is 0 Å². The molecule has 102 valence electrons. The summed E-state index contributed by atoms with van der Waals surface area (Å²) < 4.78 is 29.3. The van der Waals surface area contributed by atoms with Crippen molar-refractivity contribution in [1.29, 1.82) is 0 Å². The van der Waals surface area contributed by atoms with Crippen molar-refractivity contribution < 1.29 is 12.8 Å². The number of hydrogen-bond acceptors (Lipinski definition) is 5. The number of hydrogen-bond donors (Lipinski definition) is 0. The third-order valence-corrected chi connectivity index (χ3v) is 4.29. The van der Waals surface area contributed by atoms with Crippen LogP contribution in [0.1, 0.15) is 24.3 Å². The second-order valence-electron chi connectivity index (χ2n) is 4.07. The molecule has 5 nitrogen and oxygen atoms in total. The van der Waals surface area contributed by atoms with Crippen LogP contribution in [0.3, 0.4) is 0 Å². The molecule has 1 aromatic heterocycles. The van der Waals surface area contributed by atoms with Crippen LogP contribution in [0, 0.1) is 0 Å². The molecule has 7 heteroatoms. The molecule has 0 spiro atoms. The fourth-order valence-electron chi connectivity index (χ4n) is 1.58. The van der Waals surface area contributed by atoms with Gasteiger partial charge < -0.3 is 4.42 Å². The lowest BCUT2D eigenvalue weighted by Crippen LogP contribution is -2.08. The Bertz CT molecular complexity index is 667. The van der Waals surface area contributed by atoms with E-state index in [0.29, 0.717) is 22.9 Å². The van der Waals surface area contributed by atoms with E-state index in [2.05, 4.69) is 10.2 Å². The summed E-state index contributed by atoms with van der Waals surface area (Å²) in [5.74, 6) is 0.133. The fourth-order valence-corrected chi connectivity index (χ4v) is 3.18. The Morgan fingerprint density at radius 3 is 2.47 bits per heavy atom. The van der Waals surface area contributed by atoms with Gasteiger partial charge >= 0.3 is 0 Å². The molecule has 0 aliphatic carbocycles. The Balaban J connectivity index is 2.13. The van der Waals surface area contributed by atoms with Gasteiger partial charge in [0.05, 0.1) is 5.75 Å². The highest BCUT2D eigenvalue weighted by Crippen LogP contribution is 2.19. The van der Waals surface area contributed by atoms with Gasteiger partial charge in [0.25, 0.3) is 0 Å². The maximum Gasteiger partial charge on any atom is 0.231 e. The lowest BCUT2D eigenvalue weighted by atomic mass is 10.2. The summed E-state index contributed by atoms with van der Waals surface area (Å²) >= 11 is 5.94. The average Bonchev–Trinajstić information content (AvgIpc) is 2.78. The fraction of sp³-hybridized carbons (Fsp3) is 0.333. The predicted molar refractivity (Wildman–Crippen MR) is 71.5 cm³/mol. The van der Waals surface area contributed by atoms with Crippen LogP contribution in [0.15, 0.2) is 28.7 Å². The molecule has 0 bridgehead atoms. The first-order chi connectivity index (χ1) is 9.00. The molecule has 0 saturated carbocycles. The molecule has 0 saturated heterocycles. The van der Waals surface area contributed by atoms with Gasteiger partial charge in [-0.2, -0.15) is 0 Å². The molecular formula is C12H13ClN2O3S. The van der Waals surface area contributed by atoms with Crippen LogP contribution >= 0.6 is 11.6 Å². The van der Waals surface area contributed by atoms with Gasteiger partial charge in [0.2, 0.25) is 11.8 Å². The molecule has 0 aliphatic rings. The summed E-state index contributed by atoms with van der Waals surface area (Å²) in [6, 6.07) is 6.85. The van der Waals surface area contributed by atoms with Gasteiger partial charge in [-0.1, -0.05) is 36.7 Å². The lowest BCUT2D eigenvalue weighted by Gasteiger charge is -2.04. The zero-order valence-electron chi connectivity index (χ0n) is 10.3. The second-order valence-corrected chi connectivity index (χ2v) is 6.54. The summed E-state index contributed by atoms with van der Waals surface area (Å²) in [4.78, 5) is 0. The minimum absolute atomic E-state index is 0.115. The van der Waals surface area contributed by atoms with Crippen molar-refractivity contribution in [1.82, 2.24) is 10.2 Å². The van der Waals surface area contributed by atoms with Crippen LogP contribution in [-0.2, 0) is 27.8 Å². The Labute approximate surface area is 116 Å². The standard InChI is InChI=1S/C12H13ClN2O3S/c1-2-11-14-15-12(18-11)8-19(16,17)7-9-5-3-4-6-10(9)13/h3-6H,2,7-8H2,1H3. The number of benzene rings is 1. The highest BCUT2D eigenvalue weighted by molar-refractivity contribution is 7.89. The third kappa shape index (κ3) is 3.78. The number of aryl methyl sites for hydroxylation is 1. The molecule has 0 fully saturated rings. The predicted octanol–water partition coefficient (Wildman–Crippen LogP) is 2.40. The Hall–Kier alpha value is -1.40. The van der Waals surface area contributed by atoms with Gasteiger partial charge in [-0.15, -0.1) is 10.2 Å². The number of sulfone groups is 1. The maximum absolute atomic E-state index is 12.0. The van der Waals surface area contributed by atoms with Crippen LogP contribution in [-0.4, -0.2) is 18.6 Å². The minimum Gasteiger partial charge on any atom is -0.424 e. The smallest absolute Gasteiger partial charge is 0.231 e. The molecule has 1 aromatic carbocycles. The summed E-state index contributed by atoms with van der Waals surface area (Å²) in [7, 11) is -3.39. The normalized spacial score (nSPS) is 11.7. The zero-order chi connectivity index (χ0) is 13.9. The van der Waals surface area contributed by atoms with Crippen molar-refractivity contribution >= 4 is 21.4 Å². The SMILES string of the molecule is CCc1nnc(CS(=O)(=O)Cc2ccccc2Cl)o1. The Kier molecular flexibility index (Phi) is 4.21. The zero-order valence-corrected chi connectivity index (χ0v) is 11.9. The van der Waals surface area contributed by atoms with Gasteiger partial charge in [-0.25, -0.2) is 8.42 Å². The maximum atomic E-state index is 12.0. The lowest BCUT2D eigenvalue weighted by molar-refractivity contribution is 0.465. The van der Waals surface area contributed by atoms with Crippen LogP contribution in [0.4, 0.5) is 0 Å². The second kappa shape index (κ2) is 5.71. The van der Waals surface area contributed by atoms with E-state index in [1.807, 2.05) is 6.92 Å². The Morgan fingerprint density at radius 2 is 1.84 bits per heavy atom. The first-order valence-electron chi connectivity index (χ1n) is 5.75. The van der Waals surface area contributed by atoms with Crippen molar-refractivity contribution in [3.63, 3.8) is 0 Å². The van der Waals surface area contributed by atoms with Crippen LogP contribution < -0.4 is 0 Å². The third-order valence-electron chi connectivity index (χ3n) is 2.49. The van der Waals surface area contributed by atoms with E-state index in [1.54, 1.807) is 24.3 Å². The molecule has 0 atom stereocenters. The molecule has 0 amide bonds. The van der Waals surface area contributed by atoms with E-state index >= 15 is 0 Å². The molecule has 0 radical (unpaired) electrons. The van der Waals surface area contributed by atoms with E-state index in [-0.39, 0.29) is 17.4 Å². The largest absolute Gasteiger partial charge is 0.424 e. The molecule has 0 unspecified atom stereocenters. The van der Waals surface area contributed by atoms with Crippen molar-refractivity contribution in [3.05, 3.63) is 46.6 Å². The highest BCUT2D eigenvalue weighted by atomic mass is 35.5. The van der Waals surface area contributed by atoms with Crippen LogP contribution in [0.5, 0.6) is 0 Å². The molecule has 2 aromatic rings. The number of nitrogens with zero attached hydrogens (tertiary/aromatic N) is 2. The monoisotopic (exact) mass is 300 g/mol. The van der Waals surface area contributed by atoms with E-state index in [4.69, 9.17) is 16.0 Å². The number of halogens is 1. The van der Waals surface area contributed by atoms with Gasteiger partial charge in [-0.3, -0.25) is 0 Å². The van der Waals surface area contributed by atoms with Crippen molar-refractivity contribution in [2.24, 2.45) is 0 Å². The molecule has 1 heterocycles. The van der Waals surface area contributed by atoms with Crippen molar-refractivity contribution in [2.75, 3.05) is 0 Å². The van der Waals surface area contributed by atoms with E-state index < -0.39 is 9.84 Å². The summed E-state index contributed by atoms with van der Waals surface area (Å²) in [6.45, 7) is 1.86. The number of rotatable bonds is 5. The molecule has 19 heavy (non-hydrogen) atoms. The molecule has 0 aliphatic heterocycles. The van der Waals surface area contributed by atoms with Crippen molar-refractivity contribution in [2.45, 2.75) is 24.9 Å². The molecular weight excluding hydrogens is 288 g/mol. The van der Waals surface area contributed by atoms with Gasteiger partial charge in [0.15, 0.2) is 9.84 Å². The van der Waals surface area contributed by atoms with Crippen LogP contribution in [0.25, 0.3) is 0 Å². The van der Waals surface area contributed by atoms with E-state index in [9.17, 15) is 8.42 Å².